The largest absolute Gasteiger partial charge is 0.481 e. The lowest BCUT2D eigenvalue weighted by Gasteiger charge is -1.99. The summed E-state index contributed by atoms with van der Waals surface area (Å²) in [6.07, 6.45) is 3.59. The van der Waals surface area contributed by atoms with Crippen molar-refractivity contribution in [1.29, 1.82) is 0 Å². The van der Waals surface area contributed by atoms with Crippen molar-refractivity contribution in [2.24, 2.45) is 4.53 Å². The van der Waals surface area contributed by atoms with Gasteiger partial charge in [0, 0.05) is 4.91 Å². The number of carboxylic acid groups (broad SMARTS) is 1. The van der Waals surface area contributed by atoms with Crippen LogP contribution in [0.1, 0.15) is 6.42 Å². The van der Waals surface area contributed by atoms with Crippen molar-refractivity contribution < 1.29 is 14.7 Å². The van der Waals surface area contributed by atoms with Gasteiger partial charge < -0.3 is 5.11 Å². The highest BCUT2D eigenvalue weighted by Gasteiger charge is 2.10. The molecule has 0 amide bonds. The summed E-state index contributed by atoms with van der Waals surface area (Å²) >= 11 is 0. The highest BCUT2D eigenvalue weighted by Crippen LogP contribution is 2.17. The Hall–Kier alpha value is -0.940. The molecule has 0 saturated heterocycles. The molecule has 1 aliphatic heterocycles. The fraction of sp³-hybridized carbons (Fsp3) is 0.286. The van der Waals surface area contributed by atoms with Gasteiger partial charge in [-0.25, -0.2) is 4.84 Å². The van der Waals surface area contributed by atoms with Crippen LogP contribution in [-0.4, -0.2) is 18.2 Å². The minimum Gasteiger partial charge on any atom is -0.481 e. The van der Waals surface area contributed by atoms with E-state index < -0.39 is 16.7 Å². The van der Waals surface area contributed by atoms with Crippen LogP contribution in [0.25, 0.3) is 0 Å². The fourth-order valence-corrected chi connectivity index (χ4v) is 2.01. The first-order valence-electron chi connectivity index (χ1n) is 3.30. The third-order valence-electron chi connectivity index (χ3n) is 1.24. The molecule has 1 aliphatic rings. The van der Waals surface area contributed by atoms with Gasteiger partial charge >= 0.3 is 5.97 Å². The number of nitrogens with zero attached hydrogens (tertiary/aromatic N) is 1. The van der Waals surface area contributed by atoms with Crippen molar-refractivity contribution >= 4 is 16.7 Å². The summed E-state index contributed by atoms with van der Waals surface area (Å²) in [4.78, 5) is 15.7. The van der Waals surface area contributed by atoms with Gasteiger partial charge in [-0.2, -0.15) is 0 Å². The topological polar surface area (TPSA) is 58.9 Å². The lowest BCUT2D eigenvalue weighted by molar-refractivity contribution is -0.136. The number of rotatable bonds is 3. The molecule has 0 bridgehead atoms. The average Bonchev–Trinajstić information content (AvgIpc) is 2.37. The molecule has 0 aromatic heterocycles. The maximum atomic E-state index is 10.4. The Labute approximate surface area is 72.6 Å². The van der Waals surface area contributed by atoms with E-state index in [-0.39, 0.29) is 6.42 Å². The second-order valence-corrected chi connectivity index (χ2v) is 3.68. The molecule has 0 fully saturated rings. The minimum atomic E-state index is -0.839. The Morgan fingerprint density at radius 3 is 3.17 bits per heavy atom. The molecular weight excluding hydrogens is 178 g/mol. The van der Waals surface area contributed by atoms with E-state index in [1.54, 1.807) is 12.2 Å². The van der Waals surface area contributed by atoms with Crippen LogP contribution in [0, 0.1) is 0 Å². The van der Waals surface area contributed by atoms with Gasteiger partial charge in [0.15, 0.2) is 0 Å². The second-order valence-electron chi connectivity index (χ2n) is 2.10. The molecule has 5 heteroatoms. The highest BCUT2D eigenvalue weighted by atomic mass is 32.2. The number of aliphatic carboxylic acids is 1. The van der Waals surface area contributed by atoms with E-state index >= 15 is 0 Å². The van der Waals surface area contributed by atoms with Crippen LogP contribution in [0.15, 0.2) is 27.0 Å². The standard InChI is InChI=1S/C7H9NO3S/c1-11-8-12-4-2-3-6(12)5-7(9)10/h2-4H,5H2,1H3,(H,9,10). The quantitative estimate of drug-likeness (QED) is 0.676. The molecule has 0 aromatic rings. The zero-order chi connectivity index (χ0) is 8.97. The molecule has 1 unspecified atom stereocenters. The van der Waals surface area contributed by atoms with Gasteiger partial charge in [0.05, 0.1) is 13.5 Å². The fourth-order valence-electron chi connectivity index (χ4n) is 0.813. The van der Waals surface area contributed by atoms with E-state index in [0.29, 0.717) is 0 Å². The molecular formula is C7H9NO3S. The Bertz CT molecular complexity index is 280. The van der Waals surface area contributed by atoms with Crippen LogP contribution in [0.5, 0.6) is 0 Å². The van der Waals surface area contributed by atoms with Gasteiger partial charge in [0.2, 0.25) is 0 Å². The van der Waals surface area contributed by atoms with Crippen LogP contribution in [-0.2, 0) is 20.3 Å². The zero-order valence-corrected chi connectivity index (χ0v) is 7.37. The van der Waals surface area contributed by atoms with Crippen molar-refractivity contribution in [2.75, 3.05) is 7.11 Å². The first-order chi connectivity index (χ1) is 5.74. The average molecular weight is 187 g/mol. The molecule has 66 valence electrons. The summed E-state index contributed by atoms with van der Waals surface area (Å²) in [6.45, 7) is 0. The monoisotopic (exact) mass is 187 g/mol. The predicted molar refractivity (Wildman–Crippen MR) is 46.3 cm³/mol. The number of hydrogen-bond acceptors (Lipinski definition) is 3. The molecule has 0 aliphatic carbocycles. The van der Waals surface area contributed by atoms with Crippen LogP contribution < -0.4 is 0 Å². The molecule has 0 aromatic carbocycles. The molecule has 0 saturated carbocycles. The lowest BCUT2D eigenvalue weighted by atomic mass is 10.4. The third-order valence-corrected chi connectivity index (χ3v) is 2.78. The number of hydrogen-bond donors (Lipinski definition) is 1. The lowest BCUT2D eigenvalue weighted by Crippen LogP contribution is -1.99. The summed E-state index contributed by atoms with van der Waals surface area (Å²) < 4.78 is 3.77. The molecule has 1 N–H and O–H groups in total. The van der Waals surface area contributed by atoms with Gasteiger partial charge in [-0.05, 0) is 16.1 Å². The van der Waals surface area contributed by atoms with Crippen molar-refractivity contribution in [3.63, 3.8) is 0 Å². The van der Waals surface area contributed by atoms with Crippen molar-refractivity contribution in [2.45, 2.75) is 6.42 Å². The summed E-state index contributed by atoms with van der Waals surface area (Å²) in [5, 5.41) is 10.3. The SMILES string of the molecule is CO/N=S1\C=CC=C1CC(=O)O. The van der Waals surface area contributed by atoms with E-state index in [1.165, 1.54) is 7.11 Å². The highest BCUT2D eigenvalue weighted by molar-refractivity contribution is 7.94. The Morgan fingerprint density at radius 2 is 2.58 bits per heavy atom. The number of carboxylic acids is 1. The first-order valence-corrected chi connectivity index (χ1v) is 4.55. The first kappa shape index (κ1) is 9.15. The number of allylic oxidation sites excluding steroid dienone is 2. The van der Waals surface area contributed by atoms with E-state index in [2.05, 4.69) is 9.36 Å². The number of carbonyl (C=O) groups is 1. The molecule has 12 heavy (non-hydrogen) atoms. The second kappa shape index (κ2) is 4.18. The summed E-state index contributed by atoms with van der Waals surface area (Å²) in [5.41, 5.74) is 0. The Morgan fingerprint density at radius 1 is 1.83 bits per heavy atom. The zero-order valence-electron chi connectivity index (χ0n) is 6.56. The van der Waals surface area contributed by atoms with E-state index in [1.807, 2.05) is 5.41 Å². The van der Waals surface area contributed by atoms with Gasteiger partial charge in [-0.15, -0.1) is 4.53 Å². The Kier molecular flexibility index (Phi) is 3.19. The Balaban J connectivity index is 2.68. The van der Waals surface area contributed by atoms with Crippen molar-refractivity contribution in [3.8, 4) is 0 Å². The normalized spacial score (nSPS) is 21.4. The molecule has 4 nitrogen and oxygen atoms in total. The summed E-state index contributed by atoms with van der Waals surface area (Å²) in [6, 6.07) is 0. The van der Waals surface area contributed by atoms with E-state index in [4.69, 9.17) is 5.11 Å². The summed E-state index contributed by atoms with van der Waals surface area (Å²) in [5.74, 6) is -0.839. The molecule has 1 heterocycles. The third kappa shape index (κ3) is 2.28. The molecule has 0 spiro atoms. The van der Waals surface area contributed by atoms with E-state index in [0.717, 1.165) is 4.91 Å². The predicted octanol–water partition coefficient (Wildman–Crippen LogP) is 1.24. The summed E-state index contributed by atoms with van der Waals surface area (Å²) in [7, 11) is 0.973. The van der Waals surface area contributed by atoms with Gasteiger partial charge in [-0.1, -0.05) is 12.2 Å². The van der Waals surface area contributed by atoms with Crippen LogP contribution in [0.2, 0.25) is 0 Å². The maximum absolute atomic E-state index is 10.4. The van der Waals surface area contributed by atoms with Gasteiger partial charge in [0.1, 0.15) is 0 Å². The van der Waals surface area contributed by atoms with E-state index in [9.17, 15) is 4.79 Å². The molecule has 1 atom stereocenters. The van der Waals surface area contributed by atoms with Crippen LogP contribution in [0.4, 0.5) is 0 Å². The maximum Gasteiger partial charge on any atom is 0.308 e. The van der Waals surface area contributed by atoms with Gasteiger partial charge in [0.25, 0.3) is 0 Å². The van der Waals surface area contributed by atoms with Crippen LogP contribution >= 0.6 is 0 Å². The smallest absolute Gasteiger partial charge is 0.308 e. The van der Waals surface area contributed by atoms with Crippen LogP contribution in [0.3, 0.4) is 0 Å². The van der Waals surface area contributed by atoms with Crippen molar-refractivity contribution in [1.82, 2.24) is 0 Å². The van der Waals surface area contributed by atoms with Crippen molar-refractivity contribution in [3.05, 3.63) is 22.5 Å². The molecule has 1 rings (SSSR count). The minimum absolute atomic E-state index is 0.0307. The molecule has 0 radical (unpaired) electrons. The van der Waals surface area contributed by atoms with Gasteiger partial charge in [-0.3, -0.25) is 4.79 Å².